The van der Waals surface area contributed by atoms with Gasteiger partial charge in [-0.1, -0.05) is 43.3 Å². The molecule has 0 amide bonds. The summed E-state index contributed by atoms with van der Waals surface area (Å²) in [6.07, 6.45) is 7.67. The largest absolute Gasteiger partial charge is 0.393 e. The van der Waals surface area contributed by atoms with Crippen molar-refractivity contribution in [1.29, 1.82) is 5.41 Å². The minimum absolute atomic E-state index is 0.0213. The summed E-state index contributed by atoms with van der Waals surface area (Å²) in [5, 5.41) is 19.4. The second-order valence-electron chi connectivity index (χ2n) is 11.9. The molecule has 36 heavy (non-hydrogen) atoms. The molecule has 0 bridgehead atoms. The first-order chi connectivity index (χ1) is 17.2. The highest BCUT2D eigenvalue weighted by Gasteiger charge is 2.63. The number of fused-ring (bicyclic) bond motifs is 6. The molecule has 2 aromatic rings. The number of rotatable bonds is 5. The van der Waals surface area contributed by atoms with Gasteiger partial charge in [0.25, 0.3) is 0 Å². The van der Waals surface area contributed by atoms with Crippen LogP contribution >= 0.6 is 23.1 Å². The van der Waals surface area contributed by atoms with Gasteiger partial charge in [0, 0.05) is 12.1 Å². The van der Waals surface area contributed by atoms with Gasteiger partial charge in [0.2, 0.25) is 0 Å². The summed E-state index contributed by atoms with van der Waals surface area (Å²) < 4.78 is 2.09. The van der Waals surface area contributed by atoms with Crippen molar-refractivity contribution in [3.05, 3.63) is 35.9 Å². The van der Waals surface area contributed by atoms with Gasteiger partial charge in [-0.25, -0.2) is 4.98 Å². The summed E-state index contributed by atoms with van der Waals surface area (Å²) in [7, 11) is 0. The van der Waals surface area contributed by atoms with Crippen molar-refractivity contribution in [2.24, 2.45) is 40.4 Å². The van der Waals surface area contributed by atoms with Crippen LogP contribution in [0.15, 0.2) is 40.3 Å². The summed E-state index contributed by atoms with van der Waals surface area (Å²) in [6.45, 7) is 4.48. The fourth-order valence-electron chi connectivity index (χ4n) is 8.63. The molecule has 1 aromatic heterocycles. The van der Waals surface area contributed by atoms with E-state index in [1.807, 2.05) is 18.2 Å². The Balaban J connectivity index is 1.21. The number of carbonyl (C=O) groups excluding carboxylic acids is 2. The molecule has 1 heterocycles. The minimum Gasteiger partial charge on any atom is -0.393 e. The number of nitrogens with one attached hydrogen (secondary N) is 1. The van der Waals surface area contributed by atoms with Crippen LogP contribution in [0, 0.1) is 45.8 Å². The molecule has 5 nitrogen and oxygen atoms in total. The quantitative estimate of drug-likeness (QED) is 0.374. The van der Waals surface area contributed by atoms with Gasteiger partial charge < -0.3 is 10.5 Å². The van der Waals surface area contributed by atoms with Crippen LogP contribution in [0.2, 0.25) is 0 Å². The van der Waals surface area contributed by atoms with Crippen molar-refractivity contribution >= 4 is 51.1 Å². The average molecular weight is 523 g/mol. The Morgan fingerprint density at radius 2 is 2.06 bits per heavy atom. The number of aliphatic hydroxyl groups is 1. The SMILES string of the molecule is CC12CC(C=N)C(=O)C=C1CCC1C2C(O)CC2(C)C(C(=O)CSc3nc4ccccc4s3)CCC12. The number of hydrogen-bond acceptors (Lipinski definition) is 7. The zero-order valence-corrected chi connectivity index (χ0v) is 22.5. The highest BCUT2D eigenvalue weighted by Crippen LogP contribution is 2.67. The third-order valence-corrected chi connectivity index (χ3v) is 12.4. The number of thioether (sulfide) groups is 1. The number of ketones is 2. The van der Waals surface area contributed by atoms with E-state index in [1.165, 1.54) is 11.8 Å². The van der Waals surface area contributed by atoms with Crippen molar-refractivity contribution in [3.63, 3.8) is 0 Å². The number of carbonyl (C=O) groups is 2. The van der Waals surface area contributed by atoms with E-state index in [9.17, 15) is 14.7 Å². The van der Waals surface area contributed by atoms with Crippen LogP contribution in [0.4, 0.5) is 0 Å². The molecule has 7 heteroatoms. The summed E-state index contributed by atoms with van der Waals surface area (Å²) >= 11 is 3.20. The molecular weight excluding hydrogens is 488 g/mol. The third-order valence-electron chi connectivity index (χ3n) is 10.2. The van der Waals surface area contributed by atoms with E-state index < -0.39 is 6.10 Å². The molecule has 190 valence electrons. The molecule has 8 unspecified atom stereocenters. The average Bonchev–Trinajstić information content (AvgIpc) is 3.42. The second-order valence-corrected chi connectivity index (χ2v) is 14.2. The summed E-state index contributed by atoms with van der Waals surface area (Å²) in [5.74, 6) is 1.24. The number of hydrogen-bond donors (Lipinski definition) is 2. The van der Waals surface area contributed by atoms with Crippen molar-refractivity contribution in [2.45, 2.75) is 62.8 Å². The maximum absolute atomic E-state index is 13.6. The standard InChI is InChI=1S/C29H34N2O3S2/c1-28-12-16(14-30)22(32)11-17(28)7-8-18-19-9-10-20(29(19,2)13-23(33)26(18)28)24(34)15-35-27-31-21-5-3-4-6-25(21)36-27/h3-6,11,14,16,18-20,23,26,30,33H,7-10,12-13,15H2,1-2H3. The van der Waals surface area contributed by atoms with Crippen molar-refractivity contribution in [2.75, 3.05) is 5.75 Å². The number of aromatic nitrogens is 1. The van der Waals surface area contributed by atoms with E-state index in [0.29, 0.717) is 36.2 Å². The topological polar surface area (TPSA) is 91.1 Å². The molecule has 1 aromatic carbocycles. The van der Waals surface area contributed by atoms with Gasteiger partial charge in [-0.05, 0) is 85.3 Å². The zero-order valence-electron chi connectivity index (χ0n) is 20.9. The van der Waals surface area contributed by atoms with Gasteiger partial charge in [0.1, 0.15) is 5.78 Å². The smallest absolute Gasteiger partial charge is 0.164 e. The van der Waals surface area contributed by atoms with Gasteiger partial charge in [-0.15, -0.1) is 11.3 Å². The van der Waals surface area contributed by atoms with Gasteiger partial charge in [-0.3, -0.25) is 9.59 Å². The van der Waals surface area contributed by atoms with Crippen molar-refractivity contribution in [3.8, 4) is 0 Å². The van der Waals surface area contributed by atoms with E-state index in [0.717, 1.165) is 40.2 Å². The Bertz CT molecular complexity index is 1240. The first-order valence-corrected chi connectivity index (χ1v) is 15.0. The summed E-state index contributed by atoms with van der Waals surface area (Å²) in [5.41, 5.74) is 1.73. The number of Topliss-reactive ketones (excluding diaryl/α,β-unsaturated/α-hetero) is 1. The lowest BCUT2D eigenvalue weighted by molar-refractivity contribution is -0.144. The first-order valence-electron chi connectivity index (χ1n) is 13.2. The normalized spacial score (nSPS) is 39.8. The predicted octanol–water partition coefficient (Wildman–Crippen LogP) is 5.95. The number of aliphatic hydroxyl groups excluding tert-OH is 1. The van der Waals surface area contributed by atoms with Crippen LogP contribution in [0.5, 0.6) is 0 Å². The fourth-order valence-corrected chi connectivity index (χ4v) is 10.6. The van der Waals surface area contributed by atoms with Gasteiger partial charge in [-0.2, -0.15) is 0 Å². The second kappa shape index (κ2) is 8.88. The Labute approximate surface area is 220 Å². The number of benzene rings is 1. The van der Waals surface area contributed by atoms with Crippen LogP contribution in [-0.4, -0.2) is 39.7 Å². The Morgan fingerprint density at radius 1 is 1.25 bits per heavy atom. The maximum atomic E-state index is 13.6. The molecule has 0 spiro atoms. The first kappa shape index (κ1) is 24.5. The zero-order chi connectivity index (χ0) is 25.2. The molecule has 8 atom stereocenters. The van der Waals surface area contributed by atoms with Gasteiger partial charge in [0.05, 0.1) is 28.0 Å². The lowest BCUT2D eigenvalue weighted by atomic mass is 9.45. The van der Waals surface area contributed by atoms with Crippen LogP contribution < -0.4 is 0 Å². The van der Waals surface area contributed by atoms with Crippen molar-refractivity contribution in [1.82, 2.24) is 4.98 Å². The molecule has 4 aliphatic carbocycles. The van der Waals surface area contributed by atoms with Crippen LogP contribution in [0.1, 0.15) is 52.4 Å². The monoisotopic (exact) mass is 522 g/mol. The van der Waals surface area contributed by atoms with E-state index in [2.05, 4.69) is 24.9 Å². The Hall–Kier alpha value is -1.83. The lowest BCUT2D eigenvalue weighted by Crippen LogP contribution is -2.57. The van der Waals surface area contributed by atoms with Crippen LogP contribution in [0.3, 0.4) is 0 Å². The third kappa shape index (κ3) is 3.68. The van der Waals surface area contributed by atoms with E-state index in [-0.39, 0.29) is 34.4 Å². The molecule has 6 rings (SSSR count). The fraction of sp³-hybridized carbons (Fsp3) is 0.586. The lowest BCUT2D eigenvalue weighted by Gasteiger charge is -2.60. The molecule has 2 N–H and O–H groups in total. The molecule has 0 saturated heterocycles. The highest BCUT2D eigenvalue weighted by molar-refractivity contribution is 8.01. The summed E-state index contributed by atoms with van der Waals surface area (Å²) in [4.78, 5) is 30.8. The van der Waals surface area contributed by atoms with Crippen LogP contribution in [0.25, 0.3) is 10.2 Å². The maximum Gasteiger partial charge on any atom is 0.164 e. The number of para-hydroxylation sites is 1. The molecule has 4 aliphatic rings. The molecule has 3 saturated carbocycles. The van der Waals surface area contributed by atoms with E-state index in [4.69, 9.17) is 5.41 Å². The molecule has 0 aliphatic heterocycles. The van der Waals surface area contributed by atoms with E-state index >= 15 is 0 Å². The van der Waals surface area contributed by atoms with Crippen LogP contribution in [-0.2, 0) is 9.59 Å². The number of nitrogens with zero attached hydrogens (tertiary/aromatic N) is 1. The number of allylic oxidation sites excluding steroid dienone is 1. The molecule has 3 fully saturated rings. The highest BCUT2D eigenvalue weighted by atomic mass is 32.2. The number of thiazole rings is 1. The Morgan fingerprint density at radius 3 is 2.83 bits per heavy atom. The molecule has 0 radical (unpaired) electrons. The van der Waals surface area contributed by atoms with Gasteiger partial charge in [0.15, 0.2) is 10.1 Å². The Kier molecular flexibility index (Phi) is 6.05. The van der Waals surface area contributed by atoms with Gasteiger partial charge >= 0.3 is 0 Å². The molecular formula is C29H34N2O3S2. The van der Waals surface area contributed by atoms with Crippen molar-refractivity contribution < 1.29 is 14.7 Å². The predicted molar refractivity (Wildman–Crippen MR) is 145 cm³/mol. The minimum atomic E-state index is -0.491. The van der Waals surface area contributed by atoms with E-state index in [1.54, 1.807) is 29.2 Å². The summed E-state index contributed by atoms with van der Waals surface area (Å²) in [6, 6.07) is 8.09.